The third-order valence-corrected chi connectivity index (χ3v) is 3.14. The van der Waals surface area contributed by atoms with Gasteiger partial charge in [-0.1, -0.05) is 0 Å². The van der Waals surface area contributed by atoms with Gasteiger partial charge in [0.2, 0.25) is 5.95 Å². The van der Waals surface area contributed by atoms with Crippen molar-refractivity contribution < 1.29 is 4.74 Å². The zero-order valence-corrected chi connectivity index (χ0v) is 12.2. The Bertz CT molecular complexity index is 534. The lowest BCUT2D eigenvalue weighted by atomic mass is 10.2. The van der Waals surface area contributed by atoms with Crippen LogP contribution in [-0.2, 0) is 0 Å². The van der Waals surface area contributed by atoms with Gasteiger partial charge in [-0.05, 0) is 44.9 Å². The summed E-state index contributed by atoms with van der Waals surface area (Å²) in [4.78, 5) is 12.8. The molecule has 0 unspecified atom stereocenters. The van der Waals surface area contributed by atoms with Crippen molar-refractivity contribution in [3.05, 3.63) is 41.5 Å². The predicted molar refractivity (Wildman–Crippen MR) is 79.1 cm³/mol. The first-order valence-corrected chi connectivity index (χ1v) is 6.75. The fraction of sp³-hybridized carbons (Fsp3) is 0.400. The molecule has 0 saturated carbocycles. The molecule has 0 saturated heterocycles. The molecule has 0 fully saturated rings. The highest BCUT2D eigenvalue weighted by molar-refractivity contribution is 5.32. The summed E-state index contributed by atoms with van der Waals surface area (Å²) in [5.41, 5.74) is 3.19. The minimum atomic E-state index is 0.641. The van der Waals surface area contributed by atoms with Crippen molar-refractivity contribution in [2.24, 2.45) is 0 Å². The van der Waals surface area contributed by atoms with Crippen LogP contribution >= 0.6 is 0 Å². The van der Waals surface area contributed by atoms with Crippen LogP contribution in [0.5, 0.6) is 5.75 Å². The molecule has 5 nitrogen and oxygen atoms in total. The Morgan fingerprint density at radius 1 is 1.15 bits per heavy atom. The van der Waals surface area contributed by atoms with E-state index < -0.39 is 0 Å². The summed E-state index contributed by atoms with van der Waals surface area (Å²) in [6.45, 7) is 7.46. The number of aryl methyl sites for hydroxylation is 2. The number of hydrogen-bond acceptors (Lipinski definition) is 5. The molecule has 0 radical (unpaired) electrons. The SMILES string of the molecule is Cc1nc(NCCCOc2cccnc2)nc(C)c1C. The summed E-state index contributed by atoms with van der Waals surface area (Å²) >= 11 is 0. The van der Waals surface area contributed by atoms with Crippen molar-refractivity contribution in [1.29, 1.82) is 0 Å². The molecule has 1 N–H and O–H groups in total. The third-order valence-electron chi connectivity index (χ3n) is 3.14. The van der Waals surface area contributed by atoms with Crippen LogP contribution in [0, 0.1) is 20.8 Å². The molecular formula is C15H20N4O. The van der Waals surface area contributed by atoms with Gasteiger partial charge in [0, 0.05) is 24.1 Å². The van der Waals surface area contributed by atoms with E-state index in [9.17, 15) is 0 Å². The first-order chi connectivity index (χ1) is 9.66. The van der Waals surface area contributed by atoms with Crippen LogP contribution < -0.4 is 10.1 Å². The van der Waals surface area contributed by atoms with Crippen molar-refractivity contribution >= 4 is 5.95 Å². The first-order valence-electron chi connectivity index (χ1n) is 6.75. The summed E-state index contributed by atoms with van der Waals surface area (Å²) in [5, 5.41) is 3.22. The highest BCUT2D eigenvalue weighted by Gasteiger charge is 2.03. The van der Waals surface area contributed by atoms with Crippen molar-refractivity contribution in [3.8, 4) is 5.75 Å². The lowest BCUT2D eigenvalue weighted by Gasteiger charge is -2.09. The molecule has 2 heterocycles. The largest absolute Gasteiger partial charge is 0.492 e. The number of hydrogen-bond donors (Lipinski definition) is 1. The molecule has 20 heavy (non-hydrogen) atoms. The zero-order valence-electron chi connectivity index (χ0n) is 12.2. The average molecular weight is 272 g/mol. The van der Waals surface area contributed by atoms with Gasteiger partial charge in [-0.25, -0.2) is 9.97 Å². The molecule has 0 aliphatic carbocycles. The molecule has 2 aromatic heterocycles. The monoisotopic (exact) mass is 272 g/mol. The highest BCUT2D eigenvalue weighted by atomic mass is 16.5. The molecule has 0 atom stereocenters. The highest BCUT2D eigenvalue weighted by Crippen LogP contribution is 2.11. The van der Waals surface area contributed by atoms with E-state index in [1.165, 1.54) is 0 Å². The van der Waals surface area contributed by atoms with Crippen LogP contribution in [0.4, 0.5) is 5.95 Å². The minimum absolute atomic E-state index is 0.641. The molecular weight excluding hydrogens is 252 g/mol. The molecule has 0 spiro atoms. The second kappa shape index (κ2) is 6.84. The second-order valence-electron chi connectivity index (χ2n) is 4.66. The number of nitrogens with one attached hydrogen (secondary N) is 1. The first kappa shape index (κ1) is 14.2. The fourth-order valence-electron chi connectivity index (χ4n) is 1.75. The molecule has 0 aliphatic heterocycles. The lowest BCUT2D eigenvalue weighted by Crippen LogP contribution is -2.11. The van der Waals surface area contributed by atoms with Crippen LogP contribution in [-0.4, -0.2) is 28.1 Å². The Labute approximate surface area is 119 Å². The normalized spacial score (nSPS) is 10.3. The predicted octanol–water partition coefficient (Wildman–Crippen LogP) is 2.68. The molecule has 5 heteroatoms. The van der Waals surface area contributed by atoms with Gasteiger partial charge in [0.05, 0.1) is 12.8 Å². The second-order valence-corrected chi connectivity index (χ2v) is 4.66. The number of nitrogens with zero attached hydrogens (tertiary/aromatic N) is 3. The summed E-state index contributed by atoms with van der Waals surface area (Å²) in [6.07, 6.45) is 4.32. The molecule has 106 valence electrons. The Morgan fingerprint density at radius 2 is 1.90 bits per heavy atom. The van der Waals surface area contributed by atoms with Gasteiger partial charge in [-0.2, -0.15) is 0 Å². The van der Waals surface area contributed by atoms with Crippen molar-refractivity contribution in [3.63, 3.8) is 0 Å². The summed E-state index contributed by atoms with van der Waals surface area (Å²) < 4.78 is 5.57. The molecule has 0 aromatic carbocycles. The Balaban J connectivity index is 1.74. The molecule has 0 aliphatic rings. The van der Waals surface area contributed by atoms with E-state index in [4.69, 9.17) is 4.74 Å². The van der Waals surface area contributed by atoms with Crippen LogP contribution in [0.1, 0.15) is 23.4 Å². The van der Waals surface area contributed by atoms with E-state index in [-0.39, 0.29) is 0 Å². The Hall–Kier alpha value is -2.17. The molecule has 2 rings (SSSR count). The van der Waals surface area contributed by atoms with E-state index in [0.29, 0.717) is 12.6 Å². The lowest BCUT2D eigenvalue weighted by molar-refractivity contribution is 0.313. The number of rotatable bonds is 6. The maximum atomic E-state index is 5.57. The molecule has 2 aromatic rings. The number of anilines is 1. The Morgan fingerprint density at radius 3 is 2.55 bits per heavy atom. The van der Waals surface area contributed by atoms with E-state index in [0.717, 1.165) is 35.7 Å². The van der Waals surface area contributed by atoms with E-state index in [2.05, 4.69) is 20.3 Å². The average Bonchev–Trinajstić information content (AvgIpc) is 2.45. The maximum absolute atomic E-state index is 5.57. The topological polar surface area (TPSA) is 59.9 Å². The smallest absolute Gasteiger partial charge is 0.223 e. The van der Waals surface area contributed by atoms with Gasteiger partial charge in [-0.15, -0.1) is 0 Å². The van der Waals surface area contributed by atoms with Gasteiger partial charge in [0.1, 0.15) is 5.75 Å². The van der Waals surface area contributed by atoms with Crippen LogP contribution in [0.15, 0.2) is 24.5 Å². The van der Waals surface area contributed by atoms with Gasteiger partial charge >= 0.3 is 0 Å². The fourth-order valence-corrected chi connectivity index (χ4v) is 1.75. The standard InChI is InChI=1S/C15H20N4O/c1-11-12(2)18-15(19-13(11)3)17-8-5-9-20-14-6-4-7-16-10-14/h4,6-7,10H,5,8-9H2,1-3H3,(H,17,18,19). The van der Waals surface area contributed by atoms with Crippen LogP contribution in [0.25, 0.3) is 0 Å². The Kier molecular flexibility index (Phi) is 4.87. The van der Waals surface area contributed by atoms with Crippen molar-refractivity contribution in [2.45, 2.75) is 27.2 Å². The van der Waals surface area contributed by atoms with E-state index in [1.54, 1.807) is 12.4 Å². The number of ether oxygens (including phenoxy) is 1. The quantitative estimate of drug-likeness (QED) is 0.819. The summed E-state index contributed by atoms with van der Waals surface area (Å²) in [6, 6.07) is 3.76. The summed E-state index contributed by atoms with van der Waals surface area (Å²) in [5.74, 6) is 1.48. The van der Waals surface area contributed by atoms with Gasteiger partial charge in [0.15, 0.2) is 0 Å². The van der Waals surface area contributed by atoms with Crippen LogP contribution in [0.2, 0.25) is 0 Å². The van der Waals surface area contributed by atoms with E-state index in [1.807, 2.05) is 32.9 Å². The third kappa shape index (κ3) is 3.91. The van der Waals surface area contributed by atoms with Crippen molar-refractivity contribution in [2.75, 3.05) is 18.5 Å². The summed E-state index contributed by atoms with van der Waals surface area (Å²) in [7, 11) is 0. The molecule has 0 bridgehead atoms. The molecule has 0 amide bonds. The maximum Gasteiger partial charge on any atom is 0.223 e. The van der Waals surface area contributed by atoms with Gasteiger partial charge in [0.25, 0.3) is 0 Å². The van der Waals surface area contributed by atoms with E-state index >= 15 is 0 Å². The zero-order chi connectivity index (χ0) is 14.4. The minimum Gasteiger partial charge on any atom is -0.492 e. The van der Waals surface area contributed by atoms with Crippen LogP contribution in [0.3, 0.4) is 0 Å². The van der Waals surface area contributed by atoms with Gasteiger partial charge < -0.3 is 10.1 Å². The number of pyridine rings is 1. The van der Waals surface area contributed by atoms with Gasteiger partial charge in [-0.3, -0.25) is 4.98 Å². The van der Waals surface area contributed by atoms with Crippen molar-refractivity contribution in [1.82, 2.24) is 15.0 Å². The number of aromatic nitrogens is 3.